The maximum atomic E-state index is 12.2. The van der Waals surface area contributed by atoms with Gasteiger partial charge in [-0.25, -0.2) is 0 Å². The number of nitrogens with zero attached hydrogens (tertiary/aromatic N) is 1. The lowest BCUT2D eigenvalue weighted by atomic mass is 9.79. The fraction of sp³-hybridized carbons (Fsp3) is 0.667. The van der Waals surface area contributed by atoms with E-state index < -0.39 is 11.9 Å². The van der Waals surface area contributed by atoms with Crippen molar-refractivity contribution in [3.63, 3.8) is 0 Å². The number of furan rings is 1. The van der Waals surface area contributed by atoms with Crippen LogP contribution in [0.3, 0.4) is 0 Å². The zero-order valence-corrected chi connectivity index (χ0v) is 17.3. The zero-order chi connectivity index (χ0) is 21.2. The van der Waals surface area contributed by atoms with Crippen LogP contribution in [0, 0.1) is 0 Å². The number of esters is 1. The third-order valence-corrected chi connectivity index (χ3v) is 5.80. The van der Waals surface area contributed by atoms with E-state index in [1.165, 1.54) is 18.8 Å². The quantitative estimate of drug-likeness (QED) is 0.575. The average Bonchev–Trinajstić information content (AvgIpc) is 3.33. The number of nitrogens with one attached hydrogen (secondary N) is 2. The predicted octanol–water partition coefficient (Wildman–Crippen LogP) is 1.09. The molecule has 30 heavy (non-hydrogen) atoms. The van der Waals surface area contributed by atoms with E-state index in [9.17, 15) is 14.4 Å². The molecule has 9 nitrogen and oxygen atoms in total. The van der Waals surface area contributed by atoms with Crippen molar-refractivity contribution in [3.8, 4) is 0 Å². The molecule has 2 heterocycles. The van der Waals surface area contributed by atoms with E-state index in [0.29, 0.717) is 6.54 Å². The predicted molar refractivity (Wildman–Crippen MR) is 108 cm³/mol. The summed E-state index contributed by atoms with van der Waals surface area (Å²) in [6.07, 6.45) is 7.05. The van der Waals surface area contributed by atoms with Crippen molar-refractivity contribution in [2.45, 2.75) is 44.1 Å². The average molecular weight is 421 g/mol. The molecule has 0 aromatic carbocycles. The highest BCUT2D eigenvalue weighted by atomic mass is 16.5. The van der Waals surface area contributed by atoms with Crippen molar-refractivity contribution in [1.82, 2.24) is 15.5 Å². The molecule has 0 bridgehead atoms. The van der Waals surface area contributed by atoms with E-state index in [-0.39, 0.29) is 36.8 Å². The van der Waals surface area contributed by atoms with Gasteiger partial charge in [0, 0.05) is 31.7 Å². The number of amides is 2. The van der Waals surface area contributed by atoms with E-state index in [2.05, 4.69) is 15.5 Å². The second kappa shape index (κ2) is 11.1. The van der Waals surface area contributed by atoms with E-state index in [4.69, 9.17) is 13.9 Å². The molecular formula is C21H31N3O6. The molecule has 3 rings (SSSR count). The van der Waals surface area contributed by atoms with E-state index >= 15 is 0 Å². The van der Waals surface area contributed by atoms with Crippen LogP contribution in [0.1, 0.15) is 49.1 Å². The molecule has 2 amide bonds. The molecule has 1 saturated heterocycles. The molecular weight excluding hydrogens is 390 g/mol. The van der Waals surface area contributed by atoms with Crippen LogP contribution in [0.15, 0.2) is 22.8 Å². The minimum atomic E-state index is -0.537. The van der Waals surface area contributed by atoms with Gasteiger partial charge in [0.1, 0.15) is 0 Å². The van der Waals surface area contributed by atoms with Gasteiger partial charge in [-0.15, -0.1) is 0 Å². The van der Waals surface area contributed by atoms with Gasteiger partial charge in [0.05, 0.1) is 25.9 Å². The number of ether oxygens (including phenoxy) is 2. The molecule has 0 atom stereocenters. The lowest BCUT2D eigenvalue weighted by molar-refractivity contribution is -0.148. The molecule has 1 aliphatic carbocycles. The molecule has 2 aliphatic rings. The molecule has 0 spiro atoms. The van der Waals surface area contributed by atoms with Gasteiger partial charge in [-0.3, -0.25) is 19.3 Å². The second-order valence-electron chi connectivity index (χ2n) is 7.81. The Kier molecular flexibility index (Phi) is 8.27. The standard InChI is InChI=1S/C21H31N3O6/c25-18(15-30-19(26)6-9-22-20(27)17-5-4-12-29-17)23-16-21(7-2-1-3-8-21)24-10-13-28-14-11-24/h4-5,12H,1-3,6-11,13-16H2,(H,22,27)(H,23,25). The molecule has 2 N–H and O–H groups in total. The maximum Gasteiger partial charge on any atom is 0.308 e. The van der Waals surface area contributed by atoms with Crippen molar-refractivity contribution in [2.75, 3.05) is 46.0 Å². The van der Waals surface area contributed by atoms with Crippen molar-refractivity contribution in [3.05, 3.63) is 24.2 Å². The minimum Gasteiger partial charge on any atom is -0.459 e. The second-order valence-corrected chi connectivity index (χ2v) is 7.81. The van der Waals surface area contributed by atoms with E-state index in [1.54, 1.807) is 6.07 Å². The van der Waals surface area contributed by atoms with Crippen LogP contribution >= 0.6 is 0 Å². The summed E-state index contributed by atoms with van der Waals surface area (Å²) in [5.41, 5.74) is -0.0299. The van der Waals surface area contributed by atoms with Gasteiger partial charge in [-0.05, 0) is 25.0 Å². The molecule has 2 fully saturated rings. The van der Waals surface area contributed by atoms with E-state index in [0.717, 1.165) is 52.0 Å². The number of hydrogen-bond donors (Lipinski definition) is 2. The van der Waals surface area contributed by atoms with Gasteiger partial charge in [0.25, 0.3) is 11.8 Å². The van der Waals surface area contributed by atoms with Crippen molar-refractivity contribution >= 4 is 17.8 Å². The molecule has 1 aromatic heterocycles. The molecule has 0 unspecified atom stereocenters. The van der Waals surface area contributed by atoms with Gasteiger partial charge >= 0.3 is 5.97 Å². The maximum absolute atomic E-state index is 12.2. The van der Waals surface area contributed by atoms with Crippen LogP contribution in [0.2, 0.25) is 0 Å². The number of rotatable bonds is 9. The highest BCUT2D eigenvalue weighted by molar-refractivity contribution is 5.91. The third kappa shape index (κ3) is 6.30. The summed E-state index contributed by atoms with van der Waals surface area (Å²) in [5.74, 6) is -1.06. The largest absolute Gasteiger partial charge is 0.459 e. The number of morpholine rings is 1. The van der Waals surface area contributed by atoms with Crippen LogP contribution in [0.4, 0.5) is 0 Å². The minimum absolute atomic E-state index is 0.0164. The highest BCUT2D eigenvalue weighted by Crippen LogP contribution is 2.33. The monoisotopic (exact) mass is 421 g/mol. The molecule has 166 valence electrons. The summed E-state index contributed by atoms with van der Waals surface area (Å²) in [7, 11) is 0. The Morgan fingerprint density at radius 3 is 2.57 bits per heavy atom. The first-order valence-electron chi connectivity index (χ1n) is 10.7. The first kappa shape index (κ1) is 22.3. The van der Waals surface area contributed by atoms with Crippen LogP contribution in [0.5, 0.6) is 0 Å². The summed E-state index contributed by atoms with van der Waals surface area (Å²) in [4.78, 5) is 38.2. The molecule has 1 saturated carbocycles. The number of hydrogen-bond acceptors (Lipinski definition) is 7. The SMILES string of the molecule is O=C(COC(=O)CCNC(=O)c1ccco1)NCC1(N2CCOCC2)CCCCC1. The summed E-state index contributed by atoms with van der Waals surface area (Å²) in [6.45, 7) is 3.57. The Morgan fingerprint density at radius 2 is 1.87 bits per heavy atom. The fourth-order valence-corrected chi connectivity index (χ4v) is 4.16. The summed E-state index contributed by atoms with van der Waals surface area (Å²) >= 11 is 0. The summed E-state index contributed by atoms with van der Waals surface area (Å²) in [6, 6.07) is 3.15. The first-order chi connectivity index (χ1) is 14.6. The lowest BCUT2D eigenvalue weighted by Crippen LogP contribution is -2.59. The lowest BCUT2D eigenvalue weighted by Gasteiger charge is -2.48. The Hall–Kier alpha value is -2.39. The molecule has 1 aliphatic heterocycles. The number of carbonyl (C=O) groups excluding carboxylic acids is 3. The smallest absolute Gasteiger partial charge is 0.308 e. The van der Waals surface area contributed by atoms with E-state index in [1.807, 2.05) is 0 Å². The fourth-order valence-electron chi connectivity index (χ4n) is 4.16. The van der Waals surface area contributed by atoms with Crippen molar-refractivity contribution in [1.29, 1.82) is 0 Å². The van der Waals surface area contributed by atoms with Crippen LogP contribution < -0.4 is 10.6 Å². The Balaban J connectivity index is 1.35. The van der Waals surface area contributed by atoms with Crippen LogP contribution in [-0.4, -0.2) is 74.2 Å². The Bertz CT molecular complexity index is 694. The third-order valence-electron chi connectivity index (χ3n) is 5.80. The Labute approximate surface area is 176 Å². The van der Waals surface area contributed by atoms with Gasteiger partial charge in [-0.1, -0.05) is 19.3 Å². The summed E-state index contributed by atoms with van der Waals surface area (Å²) in [5, 5.41) is 5.52. The van der Waals surface area contributed by atoms with Crippen LogP contribution in [0.25, 0.3) is 0 Å². The van der Waals surface area contributed by atoms with Gasteiger partial charge in [0.2, 0.25) is 0 Å². The van der Waals surface area contributed by atoms with Gasteiger partial charge < -0.3 is 24.5 Å². The topological polar surface area (TPSA) is 110 Å². The van der Waals surface area contributed by atoms with Crippen LogP contribution in [-0.2, 0) is 19.1 Å². The van der Waals surface area contributed by atoms with Gasteiger partial charge in [-0.2, -0.15) is 0 Å². The van der Waals surface area contributed by atoms with Gasteiger partial charge in [0.15, 0.2) is 12.4 Å². The molecule has 9 heteroatoms. The molecule has 0 radical (unpaired) electrons. The Morgan fingerprint density at radius 1 is 1.10 bits per heavy atom. The first-order valence-corrected chi connectivity index (χ1v) is 10.7. The number of carbonyl (C=O) groups is 3. The summed E-state index contributed by atoms with van der Waals surface area (Å²) < 4.78 is 15.5. The molecule has 1 aromatic rings. The highest BCUT2D eigenvalue weighted by Gasteiger charge is 2.38. The van der Waals surface area contributed by atoms with Crippen molar-refractivity contribution in [2.24, 2.45) is 0 Å². The zero-order valence-electron chi connectivity index (χ0n) is 17.3. The normalized spacial score (nSPS) is 19.1. The van der Waals surface area contributed by atoms with Crippen molar-refractivity contribution < 1.29 is 28.3 Å².